The number of para-hydroxylation sites is 1. The number of halogens is 1. The number of aryl methyl sites for hydroxylation is 1. The van der Waals surface area contributed by atoms with Crippen LogP contribution in [0.5, 0.6) is 5.75 Å². The summed E-state index contributed by atoms with van der Waals surface area (Å²) in [6, 6.07) is 6.98. The highest BCUT2D eigenvalue weighted by Crippen LogP contribution is 2.48. The number of esters is 1. The van der Waals surface area contributed by atoms with E-state index < -0.39 is 50.5 Å². The monoisotopic (exact) mass is 576 g/mol. The maximum atomic E-state index is 16.1. The first-order valence-electron chi connectivity index (χ1n) is 12.4. The van der Waals surface area contributed by atoms with Gasteiger partial charge in [-0.25, -0.2) is 23.9 Å². The Morgan fingerprint density at radius 1 is 1.38 bits per heavy atom. The number of nitrogens with one attached hydrogen (secondary N) is 2. The molecule has 1 saturated heterocycles. The van der Waals surface area contributed by atoms with Crippen LogP contribution in [0, 0.1) is 19.3 Å². The number of hydrogen-bond acceptors (Lipinski definition) is 11. The van der Waals surface area contributed by atoms with E-state index in [0.29, 0.717) is 17.2 Å². The number of hydrogen-bond donors (Lipinski definition) is 3. The Bertz CT molecular complexity index is 1450. The average molecular weight is 577 g/mol. The lowest BCUT2D eigenvalue weighted by Gasteiger charge is -2.25. The number of carbonyl (C=O) groups excluding carboxylic acids is 1. The summed E-state index contributed by atoms with van der Waals surface area (Å²) >= 11 is 0. The summed E-state index contributed by atoms with van der Waals surface area (Å²) < 4.78 is 53.0. The largest absolute Gasteiger partial charge is 0.465 e. The molecule has 2 aromatic heterocycles. The molecule has 3 heterocycles. The van der Waals surface area contributed by atoms with Crippen LogP contribution in [0.4, 0.5) is 10.2 Å². The van der Waals surface area contributed by atoms with Gasteiger partial charge >= 0.3 is 13.7 Å². The van der Waals surface area contributed by atoms with Gasteiger partial charge in [0.2, 0.25) is 5.67 Å². The van der Waals surface area contributed by atoms with Gasteiger partial charge in [0.25, 0.3) is 0 Å². The normalized spacial score (nSPS) is 24.7. The fraction of sp³-hybridized carbons (Fsp3) is 0.440. The van der Waals surface area contributed by atoms with E-state index >= 15 is 4.39 Å². The molecule has 3 N–H and O–H groups in total. The minimum absolute atomic E-state index is 0.104. The number of nitrogens with zero attached hydrogens (tertiary/aromatic N) is 4. The molecule has 0 radical (unpaired) electrons. The van der Waals surface area contributed by atoms with E-state index in [4.69, 9.17) is 24.9 Å². The van der Waals surface area contributed by atoms with Gasteiger partial charge in [-0.15, -0.1) is 6.42 Å². The lowest BCUT2D eigenvalue weighted by atomic mass is 9.97. The van der Waals surface area contributed by atoms with E-state index in [-0.39, 0.29) is 18.0 Å². The zero-order valence-corrected chi connectivity index (χ0v) is 23.2. The second-order valence-electron chi connectivity index (χ2n) is 8.88. The van der Waals surface area contributed by atoms with Gasteiger partial charge in [-0.05, 0) is 32.9 Å². The van der Waals surface area contributed by atoms with Crippen molar-refractivity contribution in [2.24, 2.45) is 0 Å². The first-order chi connectivity index (χ1) is 19.0. The number of imidazole rings is 1. The Labute approximate surface area is 230 Å². The SMILES string of the molecule is C#C[C@@]1(F)[C@H](O)[C@@H](CO[P@@](=O)(N[C@H](C)C(=O)OCC)Oc2ccccc2)O[C@H]1n1cnc2c(NC)nc(C)nc21. The second kappa shape index (κ2) is 11.9. The number of ether oxygens (including phenoxy) is 2. The Morgan fingerprint density at radius 2 is 2.10 bits per heavy atom. The fourth-order valence-corrected chi connectivity index (χ4v) is 5.62. The van der Waals surface area contributed by atoms with Crippen molar-refractivity contribution in [2.45, 2.75) is 50.9 Å². The number of aromatic nitrogens is 4. The summed E-state index contributed by atoms with van der Waals surface area (Å²) in [7, 11) is -2.65. The van der Waals surface area contributed by atoms with E-state index in [0.717, 1.165) is 0 Å². The Balaban J connectivity index is 1.60. The molecule has 15 heteroatoms. The molecule has 4 rings (SSSR count). The average Bonchev–Trinajstić information content (AvgIpc) is 3.46. The molecule has 40 heavy (non-hydrogen) atoms. The molecule has 6 atom stereocenters. The standard InChI is InChI=1S/C25H30FN6O7P/c1-6-25(26)20(33)18(38-24(25)32-14-28-19-21(27-5)29-16(4)30-22(19)32)13-37-40(35,31-15(3)23(34)36-7-2)39-17-11-9-8-10-12-17/h1,8-12,14-15,18,20,24,33H,7,13H2,2-5H3,(H,31,35)(H,27,29,30)/t15-,18-,20-,24-,25-,40+/m1/s1. The quantitative estimate of drug-likeness (QED) is 0.174. The maximum Gasteiger partial charge on any atom is 0.459 e. The fourth-order valence-electron chi connectivity index (χ4n) is 4.12. The highest BCUT2D eigenvalue weighted by atomic mass is 31.2. The number of terminal acetylenes is 1. The molecule has 214 valence electrons. The van der Waals surface area contributed by atoms with E-state index in [1.54, 1.807) is 39.1 Å². The highest BCUT2D eigenvalue weighted by molar-refractivity contribution is 7.52. The Hall–Kier alpha value is -3.60. The van der Waals surface area contributed by atoms with Gasteiger partial charge in [-0.1, -0.05) is 24.1 Å². The highest BCUT2D eigenvalue weighted by Gasteiger charge is 2.58. The number of aliphatic hydroxyl groups is 1. The van der Waals surface area contributed by atoms with Crippen molar-refractivity contribution in [1.82, 2.24) is 24.6 Å². The minimum atomic E-state index is -4.30. The first-order valence-corrected chi connectivity index (χ1v) is 13.9. The van der Waals surface area contributed by atoms with Gasteiger partial charge < -0.3 is 24.4 Å². The summed E-state index contributed by atoms with van der Waals surface area (Å²) in [6.07, 6.45) is 1.94. The van der Waals surface area contributed by atoms with E-state index in [2.05, 4.69) is 25.4 Å². The number of anilines is 1. The molecule has 1 aliphatic heterocycles. The smallest absolute Gasteiger partial charge is 0.459 e. The van der Waals surface area contributed by atoms with Crippen LogP contribution in [0.2, 0.25) is 0 Å². The first kappa shape index (κ1) is 29.4. The second-order valence-corrected chi connectivity index (χ2v) is 10.6. The molecule has 0 unspecified atom stereocenters. The number of aliphatic hydroxyl groups excluding tert-OH is 1. The Morgan fingerprint density at radius 3 is 2.75 bits per heavy atom. The lowest BCUT2D eigenvalue weighted by Crippen LogP contribution is -2.42. The van der Waals surface area contributed by atoms with Gasteiger partial charge in [0.1, 0.15) is 29.8 Å². The summed E-state index contributed by atoms with van der Waals surface area (Å²) in [6.45, 7) is 4.17. The topological polar surface area (TPSA) is 159 Å². The predicted molar refractivity (Wildman–Crippen MR) is 142 cm³/mol. The van der Waals surface area contributed by atoms with Crippen LogP contribution in [0.15, 0.2) is 36.7 Å². The number of alkyl halides is 1. The molecular weight excluding hydrogens is 546 g/mol. The number of rotatable bonds is 11. The predicted octanol–water partition coefficient (Wildman–Crippen LogP) is 2.52. The molecule has 0 bridgehead atoms. The van der Waals surface area contributed by atoms with Crippen LogP contribution in [0.1, 0.15) is 25.9 Å². The van der Waals surface area contributed by atoms with Crippen LogP contribution >= 0.6 is 7.75 Å². The third-order valence-corrected chi connectivity index (χ3v) is 7.70. The molecule has 1 aromatic carbocycles. The summed E-state index contributed by atoms with van der Waals surface area (Å²) in [5.41, 5.74) is -2.19. The van der Waals surface area contributed by atoms with Crippen LogP contribution in [0.25, 0.3) is 11.2 Å². The molecule has 3 aromatic rings. The van der Waals surface area contributed by atoms with Crippen molar-refractivity contribution in [1.29, 1.82) is 0 Å². The van der Waals surface area contributed by atoms with Crippen LogP contribution in [-0.2, 0) is 23.4 Å². The zero-order valence-electron chi connectivity index (χ0n) is 22.3. The van der Waals surface area contributed by atoms with Crippen molar-refractivity contribution in [3.8, 4) is 18.1 Å². The lowest BCUT2D eigenvalue weighted by molar-refractivity contribution is -0.144. The molecule has 0 aliphatic carbocycles. The van der Waals surface area contributed by atoms with Crippen molar-refractivity contribution >= 4 is 30.7 Å². The van der Waals surface area contributed by atoms with E-state index in [1.165, 1.54) is 30.0 Å². The van der Waals surface area contributed by atoms with E-state index in [1.807, 2.05) is 5.92 Å². The maximum absolute atomic E-state index is 16.1. The van der Waals surface area contributed by atoms with Gasteiger partial charge in [-0.3, -0.25) is 13.9 Å². The molecule has 1 fully saturated rings. The van der Waals surface area contributed by atoms with E-state index in [9.17, 15) is 14.5 Å². The van der Waals surface area contributed by atoms with Gasteiger partial charge in [0, 0.05) is 7.05 Å². The zero-order chi connectivity index (χ0) is 29.1. The molecule has 1 aliphatic rings. The molecule has 0 spiro atoms. The number of carbonyl (C=O) groups is 1. The third kappa shape index (κ3) is 5.79. The number of benzene rings is 1. The van der Waals surface area contributed by atoms with Crippen molar-refractivity contribution < 1.29 is 37.4 Å². The van der Waals surface area contributed by atoms with Crippen molar-refractivity contribution in [2.75, 3.05) is 25.6 Å². The van der Waals surface area contributed by atoms with Crippen molar-refractivity contribution in [3.63, 3.8) is 0 Å². The summed E-state index contributed by atoms with van der Waals surface area (Å²) in [5.74, 6) is 2.24. The van der Waals surface area contributed by atoms with Gasteiger partial charge in [0.15, 0.2) is 23.2 Å². The van der Waals surface area contributed by atoms with Crippen molar-refractivity contribution in [3.05, 3.63) is 42.5 Å². The summed E-state index contributed by atoms with van der Waals surface area (Å²) in [5, 5.41) is 16.3. The minimum Gasteiger partial charge on any atom is -0.465 e. The van der Waals surface area contributed by atoms with Crippen LogP contribution in [0.3, 0.4) is 0 Å². The molecule has 0 amide bonds. The molecular formula is C25H30FN6O7P. The van der Waals surface area contributed by atoms with Gasteiger partial charge in [-0.2, -0.15) is 5.09 Å². The molecule has 13 nitrogen and oxygen atoms in total. The van der Waals surface area contributed by atoms with Crippen LogP contribution < -0.4 is 14.9 Å². The van der Waals surface area contributed by atoms with Crippen LogP contribution in [-0.4, -0.2) is 74.8 Å². The molecule has 0 saturated carbocycles. The number of fused-ring (bicyclic) bond motifs is 1. The Kier molecular flexibility index (Phi) is 8.72. The van der Waals surface area contributed by atoms with Gasteiger partial charge in [0.05, 0.1) is 19.5 Å². The third-order valence-electron chi connectivity index (χ3n) is 6.06. The summed E-state index contributed by atoms with van der Waals surface area (Å²) in [4.78, 5) is 25.0.